The Morgan fingerprint density at radius 3 is 2.45 bits per heavy atom. The molecular weight excluding hydrogens is 376 g/mol. The fourth-order valence-corrected chi connectivity index (χ4v) is 5.98. The maximum absolute atomic E-state index is 13.4. The summed E-state index contributed by atoms with van der Waals surface area (Å²) in [6.07, 6.45) is 1.97. The summed E-state index contributed by atoms with van der Waals surface area (Å²) in [6.45, 7) is 9.29. The molecule has 1 atom stereocenters. The van der Waals surface area contributed by atoms with Crippen LogP contribution in [-0.2, 0) is 12.8 Å². The van der Waals surface area contributed by atoms with Gasteiger partial charge in [0.15, 0.2) is 0 Å². The summed E-state index contributed by atoms with van der Waals surface area (Å²) in [7, 11) is 0. The van der Waals surface area contributed by atoms with Crippen molar-refractivity contribution in [2.24, 2.45) is 0 Å². The Morgan fingerprint density at radius 1 is 1.10 bits per heavy atom. The average molecular weight is 405 g/mol. The van der Waals surface area contributed by atoms with Gasteiger partial charge in [-0.25, -0.2) is 4.79 Å². The molecule has 29 heavy (non-hydrogen) atoms. The molecule has 1 aliphatic rings. The van der Waals surface area contributed by atoms with Crippen molar-refractivity contribution in [3.63, 3.8) is 0 Å². The molecule has 2 amide bonds. The maximum atomic E-state index is 13.4. The molecule has 150 valence electrons. The molecule has 0 radical (unpaired) electrons. The highest BCUT2D eigenvalue weighted by molar-refractivity contribution is 7.12. The fraction of sp³-hybridized carbons (Fsp3) is 0.320. The van der Waals surface area contributed by atoms with Crippen LogP contribution in [0.5, 0.6) is 0 Å². The first kappa shape index (κ1) is 19.7. The van der Waals surface area contributed by atoms with E-state index in [1.807, 2.05) is 34.4 Å². The van der Waals surface area contributed by atoms with E-state index in [0.717, 1.165) is 36.2 Å². The quantitative estimate of drug-likeness (QED) is 0.537. The molecule has 1 N–H and O–H groups in total. The van der Waals surface area contributed by atoms with Crippen LogP contribution in [0.3, 0.4) is 0 Å². The van der Waals surface area contributed by atoms with E-state index >= 15 is 0 Å². The second kappa shape index (κ2) is 8.03. The highest BCUT2D eigenvalue weighted by Crippen LogP contribution is 2.43. The second-order valence-corrected chi connectivity index (χ2v) is 9.15. The molecule has 2 aromatic carbocycles. The van der Waals surface area contributed by atoms with Crippen LogP contribution in [0.15, 0.2) is 48.5 Å². The van der Waals surface area contributed by atoms with Crippen LogP contribution in [0.2, 0.25) is 0 Å². The SMILES string of the molecule is CCc1c(C)sc2c1CCN(C(=O)Nc1cc(C)cc(C)c1)[C@@H]2c1ccccc1. The van der Waals surface area contributed by atoms with Crippen LogP contribution in [0.25, 0.3) is 0 Å². The first-order valence-corrected chi connectivity index (χ1v) is 11.1. The number of rotatable bonds is 3. The predicted octanol–water partition coefficient (Wildman–Crippen LogP) is 6.42. The van der Waals surface area contributed by atoms with Gasteiger partial charge >= 0.3 is 6.03 Å². The molecule has 0 saturated carbocycles. The highest BCUT2D eigenvalue weighted by atomic mass is 32.1. The number of benzene rings is 2. The number of aryl methyl sites for hydroxylation is 3. The van der Waals surface area contributed by atoms with Crippen molar-refractivity contribution in [3.8, 4) is 0 Å². The van der Waals surface area contributed by atoms with Crippen molar-refractivity contribution in [2.75, 3.05) is 11.9 Å². The van der Waals surface area contributed by atoms with Gasteiger partial charge in [-0.2, -0.15) is 0 Å². The van der Waals surface area contributed by atoms with Crippen LogP contribution >= 0.6 is 11.3 Å². The van der Waals surface area contributed by atoms with Gasteiger partial charge in [-0.3, -0.25) is 0 Å². The molecule has 3 nitrogen and oxygen atoms in total. The number of fused-ring (bicyclic) bond motifs is 1. The summed E-state index contributed by atoms with van der Waals surface area (Å²) >= 11 is 1.86. The molecule has 2 heterocycles. The number of nitrogens with one attached hydrogen (secondary N) is 1. The van der Waals surface area contributed by atoms with Crippen LogP contribution in [0.1, 0.15) is 50.5 Å². The zero-order valence-corrected chi connectivity index (χ0v) is 18.4. The lowest BCUT2D eigenvalue weighted by Crippen LogP contribution is -2.42. The van der Waals surface area contributed by atoms with Gasteiger partial charge in [0.25, 0.3) is 0 Å². The molecule has 0 spiro atoms. The minimum Gasteiger partial charge on any atom is -0.312 e. The van der Waals surface area contributed by atoms with Crippen molar-refractivity contribution in [2.45, 2.75) is 46.6 Å². The Labute approximate surface area is 177 Å². The van der Waals surface area contributed by atoms with E-state index in [1.165, 1.54) is 26.4 Å². The zero-order valence-electron chi connectivity index (χ0n) is 17.6. The summed E-state index contributed by atoms with van der Waals surface area (Å²) in [5.41, 5.74) is 7.28. The van der Waals surface area contributed by atoms with Crippen molar-refractivity contribution in [3.05, 3.63) is 86.1 Å². The number of urea groups is 1. The summed E-state index contributed by atoms with van der Waals surface area (Å²) in [4.78, 5) is 18.1. The molecule has 0 aliphatic carbocycles. The smallest absolute Gasteiger partial charge is 0.312 e. The number of thiophene rings is 1. The van der Waals surface area contributed by atoms with Crippen LogP contribution in [0, 0.1) is 20.8 Å². The highest BCUT2D eigenvalue weighted by Gasteiger charge is 2.35. The van der Waals surface area contributed by atoms with Crippen molar-refractivity contribution in [1.29, 1.82) is 0 Å². The maximum Gasteiger partial charge on any atom is 0.322 e. The fourth-order valence-electron chi connectivity index (χ4n) is 4.54. The normalized spacial score (nSPS) is 15.9. The van der Waals surface area contributed by atoms with Gasteiger partial charge in [-0.15, -0.1) is 11.3 Å². The van der Waals surface area contributed by atoms with E-state index in [1.54, 1.807) is 0 Å². The van der Waals surface area contributed by atoms with Crippen molar-refractivity contribution in [1.82, 2.24) is 4.90 Å². The summed E-state index contributed by atoms with van der Waals surface area (Å²) in [6, 6.07) is 16.5. The molecule has 3 aromatic rings. The van der Waals surface area contributed by atoms with Crippen LogP contribution in [0.4, 0.5) is 10.5 Å². The van der Waals surface area contributed by atoms with E-state index in [4.69, 9.17) is 0 Å². The molecule has 0 bridgehead atoms. The van der Waals surface area contributed by atoms with E-state index in [2.05, 4.69) is 63.3 Å². The lowest BCUT2D eigenvalue weighted by atomic mass is 9.92. The molecule has 1 aromatic heterocycles. The number of hydrogen-bond donors (Lipinski definition) is 1. The lowest BCUT2D eigenvalue weighted by Gasteiger charge is -2.36. The largest absolute Gasteiger partial charge is 0.322 e. The van der Waals surface area contributed by atoms with Crippen LogP contribution < -0.4 is 5.32 Å². The number of amides is 2. The van der Waals surface area contributed by atoms with Gasteiger partial charge in [0, 0.05) is 22.0 Å². The Balaban J connectivity index is 1.72. The lowest BCUT2D eigenvalue weighted by molar-refractivity contribution is 0.195. The van der Waals surface area contributed by atoms with E-state index in [-0.39, 0.29) is 12.1 Å². The molecule has 0 unspecified atom stereocenters. The zero-order chi connectivity index (χ0) is 20.5. The van der Waals surface area contributed by atoms with Gasteiger partial charge < -0.3 is 10.2 Å². The predicted molar refractivity (Wildman–Crippen MR) is 122 cm³/mol. The topological polar surface area (TPSA) is 32.3 Å². The second-order valence-electron chi connectivity index (χ2n) is 7.90. The summed E-state index contributed by atoms with van der Waals surface area (Å²) in [5.74, 6) is 0. The number of nitrogens with zero attached hydrogens (tertiary/aromatic N) is 1. The van der Waals surface area contributed by atoms with Crippen LogP contribution in [-0.4, -0.2) is 17.5 Å². The Hall–Kier alpha value is -2.59. The van der Waals surface area contributed by atoms with Gasteiger partial charge in [0.05, 0.1) is 6.04 Å². The van der Waals surface area contributed by atoms with E-state index in [0.29, 0.717) is 0 Å². The number of anilines is 1. The van der Waals surface area contributed by atoms with Gasteiger partial charge in [0.2, 0.25) is 0 Å². The van der Waals surface area contributed by atoms with Gasteiger partial charge in [0.1, 0.15) is 0 Å². The Morgan fingerprint density at radius 2 is 1.79 bits per heavy atom. The molecule has 4 rings (SSSR count). The standard InChI is InChI=1S/C25H28N2OS/c1-5-21-18(4)29-24-22(21)11-12-27(23(24)19-9-7-6-8-10-19)25(28)26-20-14-16(2)13-17(3)15-20/h6-10,13-15,23H,5,11-12H2,1-4H3,(H,26,28)/t23-/m1/s1. The molecular formula is C25H28N2OS. The van der Waals surface area contributed by atoms with E-state index < -0.39 is 0 Å². The molecule has 1 aliphatic heterocycles. The first-order chi connectivity index (χ1) is 14.0. The van der Waals surface area contributed by atoms with Gasteiger partial charge in [-0.1, -0.05) is 43.3 Å². The Kier molecular flexibility index (Phi) is 5.46. The minimum absolute atomic E-state index is 0.0291. The monoisotopic (exact) mass is 404 g/mol. The molecule has 0 saturated heterocycles. The summed E-state index contributed by atoms with van der Waals surface area (Å²) < 4.78 is 0. The first-order valence-electron chi connectivity index (χ1n) is 10.3. The third-order valence-corrected chi connectivity index (χ3v) is 6.96. The molecule has 0 fully saturated rings. The number of carbonyl (C=O) groups is 1. The third kappa shape index (κ3) is 3.82. The molecule has 4 heteroatoms. The van der Waals surface area contributed by atoms with Gasteiger partial charge in [-0.05, 0) is 73.6 Å². The van der Waals surface area contributed by atoms with E-state index in [9.17, 15) is 4.79 Å². The average Bonchev–Trinajstić information content (AvgIpc) is 3.01. The Bertz CT molecular complexity index is 1020. The number of carbonyl (C=O) groups excluding carboxylic acids is 1. The summed E-state index contributed by atoms with van der Waals surface area (Å²) in [5, 5.41) is 3.15. The third-order valence-electron chi connectivity index (χ3n) is 5.72. The minimum atomic E-state index is -0.0325. The number of hydrogen-bond acceptors (Lipinski definition) is 2. The van der Waals surface area contributed by atoms with Crippen molar-refractivity contribution < 1.29 is 4.79 Å². The van der Waals surface area contributed by atoms with Crippen molar-refractivity contribution >= 4 is 23.1 Å².